The molecule has 4 bridgehead atoms. The number of carbonyl (C=O) groups is 4. The van der Waals surface area contributed by atoms with Gasteiger partial charge in [-0.2, -0.15) is 0 Å². The fourth-order valence-electron chi connectivity index (χ4n) is 8.80. The van der Waals surface area contributed by atoms with Crippen molar-refractivity contribution in [2.24, 2.45) is 11.8 Å². The summed E-state index contributed by atoms with van der Waals surface area (Å²) in [6.45, 7) is 7.26. The smallest absolute Gasteiger partial charge is 0.410 e. The number of nitrogens with two attached hydrogens (primary N) is 1. The van der Waals surface area contributed by atoms with E-state index >= 15 is 0 Å². The number of ether oxygens (including phenoxy) is 1. The molecule has 65 heavy (non-hydrogen) atoms. The summed E-state index contributed by atoms with van der Waals surface area (Å²) in [5.74, 6) is 4.27. The molecule has 15 heteroatoms. The van der Waals surface area contributed by atoms with Crippen molar-refractivity contribution in [2.75, 3.05) is 56.8 Å². The van der Waals surface area contributed by atoms with Crippen molar-refractivity contribution in [1.82, 2.24) is 19.9 Å². The number of para-hydroxylation sites is 1. The van der Waals surface area contributed by atoms with Crippen LogP contribution in [0, 0.1) is 25.7 Å². The number of fused-ring (bicyclic) bond motifs is 8. The van der Waals surface area contributed by atoms with E-state index in [1.54, 1.807) is 52.5 Å². The van der Waals surface area contributed by atoms with Crippen molar-refractivity contribution in [3.05, 3.63) is 114 Å². The monoisotopic (exact) mass is 876 g/mol. The third-order valence-corrected chi connectivity index (χ3v) is 12.9. The quantitative estimate of drug-likeness (QED) is 0.128. The van der Waals surface area contributed by atoms with Gasteiger partial charge < -0.3 is 20.3 Å². The van der Waals surface area contributed by atoms with Crippen molar-refractivity contribution < 1.29 is 23.9 Å². The van der Waals surface area contributed by atoms with Crippen LogP contribution in [0.5, 0.6) is 5.75 Å². The van der Waals surface area contributed by atoms with E-state index in [1.807, 2.05) is 62.4 Å². The van der Waals surface area contributed by atoms with Crippen LogP contribution >= 0.6 is 0 Å². The zero-order valence-electron chi connectivity index (χ0n) is 37.1. The van der Waals surface area contributed by atoms with Crippen LogP contribution in [0.25, 0.3) is 0 Å². The van der Waals surface area contributed by atoms with E-state index in [2.05, 4.69) is 35.1 Å². The van der Waals surface area contributed by atoms with Gasteiger partial charge in [0.05, 0.1) is 23.5 Å². The summed E-state index contributed by atoms with van der Waals surface area (Å²) in [7, 11) is 0. The summed E-state index contributed by atoms with van der Waals surface area (Å²) in [5, 5.41) is 2.89. The molecule has 2 atom stereocenters. The first-order chi connectivity index (χ1) is 31.6. The van der Waals surface area contributed by atoms with Crippen molar-refractivity contribution in [3.8, 4) is 5.75 Å². The molecule has 3 N–H and O–H groups in total. The number of anilines is 6. The summed E-state index contributed by atoms with van der Waals surface area (Å²) >= 11 is 0. The largest absolute Gasteiger partial charge is 0.421 e. The van der Waals surface area contributed by atoms with Crippen LogP contribution in [-0.4, -0.2) is 81.9 Å². The Morgan fingerprint density at radius 2 is 1.18 bits per heavy atom. The summed E-state index contributed by atoms with van der Waals surface area (Å²) in [5.41, 5.74) is 10.2. The van der Waals surface area contributed by atoms with Gasteiger partial charge in [0.2, 0.25) is 0 Å². The third-order valence-electron chi connectivity index (χ3n) is 12.9. The Morgan fingerprint density at radius 3 is 1.69 bits per heavy atom. The molecule has 2 aliphatic carbocycles. The van der Waals surface area contributed by atoms with E-state index in [4.69, 9.17) is 10.5 Å². The number of urea groups is 1. The maximum Gasteiger partial charge on any atom is 0.421 e. The third kappa shape index (κ3) is 10.4. The summed E-state index contributed by atoms with van der Waals surface area (Å²) in [6.07, 6.45) is 12.7. The number of Topliss-reactive ketones (excluding diaryl/α,β-unsaturated/α-hetero) is 2. The highest BCUT2D eigenvalue weighted by Crippen LogP contribution is 2.41. The standard InChI is InChI=1S/C22H25N5O2.C22H23N3O3.C6H8N2/c1-14-2-9-20(23-12-14)25-22(29)27-16-10-11-26(13-16)18-7-6-17(24-21(18)27)19(28)8-5-15-3-4-15;26-20(11-8-15-6-7-15)18-9-10-19-21(23-18)25(16-12-13-24(19)14-16)22(27)28-17-4-2-1-3-5-17;1-5-2-3-6(7)8-4-5/h2,6-7,9,12,15-16H,3-5,8,10-11,13H2,1H3,(H,23,25,29);1-5,9-10,15-16H,6-8,11-14H2;2-4H,1H3,(H2,7,8)/t2*16-;/m00./s1. The van der Waals surface area contributed by atoms with Crippen molar-refractivity contribution in [2.45, 2.75) is 90.1 Å². The van der Waals surface area contributed by atoms with Crippen molar-refractivity contribution in [3.63, 3.8) is 0 Å². The molecule has 6 aliphatic rings. The van der Waals surface area contributed by atoms with E-state index < -0.39 is 6.09 Å². The number of benzene rings is 1. The molecular weight excluding hydrogens is 821 g/mol. The Morgan fingerprint density at radius 1 is 0.646 bits per heavy atom. The number of aromatic nitrogens is 4. The predicted molar refractivity (Wildman–Crippen MR) is 251 cm³/mol. The number of ketones is 2. The van der Waals surface area contributed by atoms with Crippen LogP contribution in [0.1, 0.15) is 96.3 Å². The molecule has 0 radical (unpaired) electrons. The van der Waals surface area contributed by atoms with Gasteiger partial charge in [0.15, 0.2) is 23.2 Å². The first kappa shape index (κ1) is 43.4. The molecule has 0 unspecified atom stereocenters. The molecule has 2 saturated carbocycles. The lowest BCUT2D eigenvalue weighted by molar-refractivity contribution is 0.0965. The molecule has 3 amide bonds. The number of pyridine rings is 4. The average Bonchev–Trinajstić information content (AvgIpc) is 4.26. The maximum atomic E-state index is 13.1. The molecule has 2 saturated heterocycles. The Labute approximate surface area is 379 Å². The van der Waals surface area contributed by atoms with Crippen LogP contribution in [0.3, 0.4) is 0 Å². The number of rotatable bonds is 10. The van der Waals surface area contributed by atoms with E-state index in [0.29, 0.717) is 65.1 Å². The molecule has 4 aliphatic heterocycles. The first-order valence-corrected chi connectivity index (χ1v) is 22.9. The second-order valence-electron chi connectivity index (χ2n) is 18.0. The number of hydrogen-bond acceptors (Lipinski definition) is 12. The van der Waals surface area contributed by atoms with Gasteiger partial charge in [-0.25, -0.2) is 29.5 Å². The lowest BCUT2D eigenvalue weighted by Crippen LogP contribution is -2.48. The van der Waals surface area contributed by atoms with Gasteiger partial charge in [-0.05, 0) is 111 Å². The number of hydrogen-bond donors (Lipinski definition) is 2. The number of nitrogens with one attached hydrogen (secondary N) is 1. The number of aryl methyl sites for hydroxylation is 2. The summed E-state index contributed by atoms with van der Waals surface area (Å²) < 4.78 is 5.59. The van der Waals surface area contributed by atoms with Gasteiger partial charge in [-0.15, -0.1) is 0 Å². The average molecular weight is 877 g/mol. The van der Waals surface area contributed by atoms with Crippen LogP contribution in [0.2, 0.25) is 0 Å². The number of nitrogens with zero attached hydrogens (tertiary/aromatic N) is 8. The topological polar surface area (TPSA) is 180 Å². The van der Waals surface area contributed by atoms with Crippen molar-refractivity contribution in [1.29, 1.82) is 0 Å². The summed E-state index contributed by atoms with van der Waals surface area (Å²) in [4.78, 5) is 76.6. The normalized spacial score (nSPS) is 18.6. The Hall–Kier alpha value is -6.90. The minimum atomic E-state index is -0.436. The molecule has 1 aromatic carbocycles. The lowest BCUT2D eigenvalue weighted by atomic mass is 10.1. The second-order valence-corrected chi connectivity index (χ2v) is 18.0. The molecule has 0 spiro atoms. The van der Waals surface area contributed by atoms with Gasteiger partial charge in [0, 0.05) is 51.4 Å². The van der Waals surface area contributed by atoms with Crippen molar-refractivity contribution >= 4 is 58.3 Å². The molecule has 4 aromatic heterocycles. The van der Waals surface area contributed by atoms with E-state index in [-0.39, 0.29) is 29.7 Å². The fourth-order valence-corrected chi connectivity index (χ4v) is 8.80. The van der Waals surface area contributed by atoms with Crippen LogP contribution < -0.4 is 35.4 Å². The molecular formula is C50H56N10O5. The Balaban J connectivity index is 0.000000140. The lowest BCUT2D eigenvalue weighted by Gasteiger charge is -2.35. The SMILES string of the molecule is Cc1ccc(N)nc1.Cc1ccc(NC(=O)N2c3nc(C(=O)CCC4CC4)ccc3N3CC[C@H]2C3)nc1.O=C(CCC1CC1)c1ccc2c(n1)N(C(=O)Oc1ccccc1)[C@H]1CCN2C1. The number of nitrogen functional groups attached to an aromatic ring is 1. The fraction of sp³-hybridized carbons (Fsp3) is 0.400. The van der Waals surface area contributed by atoms with E-state index in [9.17, 15) is 19.2 Å². The van der Waals surface area contributed by atoms with Gasteiger partial charge in [0.25, 0.3) is 0 Å². The van der Waals surface area contributed by atoms with Crippen LogP contribution in [0.4, 0.5) is 44.2 Å². The molecule has 5 aromatic rings. The minimum Gasteiger partial charge on any atom is -0.410 e. The highest BCUT2D eigenvalue weighted by molar-refractivity contribution is 6.05. The maximum absolute atomic E-state index is 13.1. The van der Waals surface area contributed by atoms with E-state index in [0.717, 1.165) is 74.4 Å². The zero-order chi connectivity index (χ0) is 45.0. The minimum absolute atomic E-state index is 0.0213. The number of carbonyl (C=O) groups excluding carboxylic acids is 4. The molecule has 8 heterocycles. The van der Waals surface area contributed by atoms with Gasteiger partial charge >= 0.3 is 12.1 Å². The second kappa shape index (κ2) is 19.1. The summed E-state index contributed by atoms with van der Waals surface area (Å²) in [6, 6.07) is 23.8. The van der Waals surface area contributed by atoms with Gasteiger partial charge in [-0.1, -0.05) is 56.0 Å². The predicted octanol–water partition coefficient (Wildman–Crippen LogP) is 8.81. The zero-order valence-corrected chi connectivity index (χ0v) is 37.1. The van der Waals surface area contributed by atoms with Crippen LogP contribution in [-0.2, 0) is 0 Å². The Bertz CT molecular complexity index is 2510. The van der Waals surface area contributed by atoms with Gasteiger partial charge in [-0.3, -0.25) is 24.7 Å². The number of amides is 3. The van der Waals surface area contributed by atoms with Gasteiger partial charge in [0.1, 0.15) is 28.8 Å². The molecule has 11 rings (SSSR count). The highest BCUT2D eigenvalue weighted by atomic mass is 16.6. The Kier molecular flexibility index (Phi) is 12.7. The molecule has 336 valence electrons. The van der Waals surface area contributed by atoms with E-state index in [1.165, 1.54) is 25.7 Å². The molecule has 15 nitrogen and oxygen atoms in total. The molecule has 4 fully saturated rings. The van der Waals surface area contributed by atoms with Crippen LogP contribution in [0.15, 0.2) is 91.3 Å². The first-order valence-electron chi connectivity index (χ1n) is 22.9. The highest BCUT2D eigenvalue weighted by Gasteiger charge is 2.42.